The summed E-state index contributed by atoms with van der Waals surface area (Å²) in [6, 6.07) is -0.911. The molecular weight excluding hydrogens is 180 g/mol. The molecule has 0 atom stereocenters. The molecule has 5 N–H and O–H groups in total. The smallest absolute Gasteiger partial charge is 0.319 e. The fourth-order valence-electron chi connectivity index (χ4n) is 0.568. The normalized spacial score (nSPS) is 9.33. The Morgan fingerprint density at radius 2 is 2.25 bits per heavy atom. The number of amides is 3. The number of imide groups is 1. The van der Waals surface area contributed by atoms with Crippen LogP contribution in [0.2, 0.25) is 0 Å². The average molecular weight is 186 g/mol. The Labute approximate surface area is 71.6 Å². The van der Waals surface area contributed by atoms with E-state index in [1.165, 1.54) is 5.38 Å². The van der Waals surface area contributed by atoms with Crippen molar-refractivity contribution in [1.29, 1.82) is 0 Å². The third kappa shape index (κ3) is 1.92. The van der Waals surface area contributed by atoms with Crippen molar-refractivity contribution in [1.82, 2.24) is 10.3 Å². The fraction of sp³-hybridized carbons (Fsp3) is 0. The van der Waals surface area contributed by atoms with Gasteiger partial charge < -0.3 is 11.5 Å². The largest absolute Gasteiger partial charge is 0.375 e. The van der Waals surface area contributed by atoms with Crippen molar-refractivity contribution >= 4 is 28.4 Å². The van der Waals surface area contributed by atoms with Crippen LogP contribution in [-0.4, -0.2) is 16.9 Å². The van der Waals surface area contributed by atoms with Crippen LogP contribution >= 0.6 is 11.3 Å². The van der Waals surface area contributed by atoms with E-state index in [2.05, 4.69) is 4.98 Å². The number of anilines is 1. The highest BCUT2D eigenvalue weighted by Crippen LogP contribution is 2.10. The minimum atomic E-state index is -0.911. The summed E-state index contributed by atoms with van der Waals surface area (Å²) in [5, 5.41) is 3.57. The van der Waals surface area contributed by atoms with E-state index in [9.17, 15) is 9.59 Å². The Bertz CT molecular complexity index is 321. The molecule has 0 saturated heterocycles. The SMILES string of the molecule is NC(=O)NC(=O)c1csc(N)n1. The van der Waals surface area contributed by atoms with Gasteiger partial charge in [0.15, 0.2) is 5.13 Å². The van der Waals surface area contributed by atoms with Crippen molar-refractivity contribution in [3.63, 3.8) is 0 Å². The molecule has 0 fully saturated rings. The van der Waals surface area contributed by atoms with Gasteiger partial charge in [-0.05, 0) is 0 Å². The van der Waals surface area contributed by atoms with Crippen LogP contribution in [0.5, 0.6) is 0 Å². The van der Waals surface area contributed by atoms with Gasteiger partial charge in [-0.15, -0.1) is 11.3 Å². The molecule has 1 aromatic heterocycles. The van der Waals surface area contributed by atoms with Crippen molar-refractivity contribution in [3.05, 3.63) is 11.1 Å². The first-order valence-electron chi connectivity index (χ1n) is 2.91. The zero-order valence-corrected chi connectivity index (χ0v) is 6.72. The lowest BCUT2D eigenvalue weighted by Gasteiger charge is -1.94. The van der Waals surface area contributed by atoms with Crippen molar-refractivity contribution in [2.24, 2.45) is 5.73 Å². The van der Waals surface area contributed by atoms with E-state index >= 15 is 0 Å². The van der Waals surface area contributed by atoms with Gasteiger partial charge in [-0.25, -0.2) is 9.78 Å². The Kier molecular flexibility index (Phi) is 2.24. The van der Waals surface area contributed by atoms with Crippen LogP contribution in [0.15, 0.2) is 5.38 Å². The zero-order valence-electron chi connectivity index (χ0n) is 5.90. The molecule has 6 nitrogen and oxygen atoms in total. The molecule has 0 aromatic carbocycles. The van der Waals surface area contributed by atoms with Crippen LogP contribution in [0, 0.1) is 0 Å². The number of thiazole rings is 1. The van der Waals surface area contributed by atoms with Crippen LogP contribution in [0.4, 0.5) is 9.93 Å². The number of primary amides is 1. The third-order valence-electron chi connectivity index (χ3n) is 0.991. The van der Waals surface area contributed by atoms with Gasteiger partial charge in [-0.3, -0.25) is 10.1 Å². The first-order valence-corrected chi connectivity index (χ1v) is 3.79. The number of hydrogen-bond donors (Lipinski definition) is 3. The molecule has 7 heteroatoms. The van der Waals surface area contributed by atoms with Gasteiger partial charge in [0.25, 0.3) is 5.91 Å². The molecule has 0 spiro atoms. The predicted octanol–water partition coefficient (Wildman–Crippen LogP) is -0.466. The van der Waals surface area contributed by atoms with Gasteiger partial charge in [0.2, 0.25) is 0 Å². The number of aromatic nitrogens is 1. The van der Waals surface area contributed by atoms with E-state index in [4.69, 9.17) is 11.5 Å². The lowest BCUT2D eigenvalue weighted by atomic mass is 10.5. The number of nitrogens with zero attached hydrogens (tertiary/aromatic N) is 1. The Morgan fingerprint density at radius 3 is 2.67 bits per heavy atom. The highest BCUT2D eigenvalue weighted by molar-refractivity contribution is 7.13. The van der Waals surface area contributed by atoms with E-state index < -0.39 is 11.9 Å². The predicted molar refractivity (Wildman–Crippen MR) is 43.6 cm³/mol. The molecule has 0 unspecified atom stereocenters. The Balaban J connectivity index is 2.72. The lowest BCUT2D eigenvalue weighted by molar-refractivity contribution is 0.0962. The minimum Gasteiger partial charge on any atom is -0.375 e. The molecular formula is C5H6N4O2S. The van der Waals surface area contributed by atoms with Gasteiger partial charge in [-0.2, -0.15) is 0 Å². The van der Waals surface area contributed by atoms with Crippen molar-refractivity contribution < 1.29 is 9.59 Å². The maximum atomic E-state index is 10.9. The number of nitrogen functional groups attached to an aromatic ring is 1. The Hall–Kier alpha value is -1.63. The summed E-state index contributed by atoms with van der Waals surface area (Å²) in [7, 11) is 0. The fourth-order valence-corrected chi connectivity index (χ4v) is 1.11. The highest BCUT2D eigenvalue weighted by Gasteiger charge is 2.10. The number of carbonyl (C=O) groups excluding carboxylic acids is 2. The molecule has 1 aromatic rings. The third-order valence-corrected chi connectivity index (χ3v) is 1.67. The first-order chi connectivity index (χ1) is 5.59. The van der Waals surface area contributed by atoms with E-state index in [0.29, 0.717) is 0 Å². The van der Waals surface area contributed by atoms with E-state index in [1.807, 2.05) is 5.32 Å². The highest BCUT2D eigenvalue weighted by atomic mass is 32.1. The number of hydrogen-bond acceptors (Lipinski definition) is 5. The molecule has 3 amide bonds. The van der Waals surface area contributed by atoms with Gasteiger partial charge in [-0.1, -0.05) is 0 Å². The van der Waals surface area contributed by atoms with Crippen LogP contribution in [0.1, 0.15) is 10.5 Å². The van der Waals surface area contributed by atoms with Crippen LogP contribution in [0.25, 0.3) is 0 Å². The summed E-state index contributed by atoms with van der Waals surface area (Å²) in [6.45, 7) is 0. The second-order valence-electron chi connectivity index (χ2n) is 1.89. The second-order valence-corrected chi connectivity index (χ2v) is 2.78. The summed E-state index contributed by atoms with van der Waals surface area (Å²) in [6.07, 6.45) is 0. The summed E-state index contributed by atoms with van der Waals surface area (Å²) in [5.74, 6) is -0.643. The van der Waals surface area contributed by atoms with Gasteiger partial charge in [0.05, 0.1) is 0 Å². The van der Waals surface area contributed by atoms with E-state index in [-0.39, 0.29) is 10.8 Å². The number of rotatable bonds is 1. The van der Waals surface area contributed by atoms with Crippen molar-refractivity contribution in [2.45, 2.75) is 0 Å². The van der Waals surface area contributed by atoms with E-state index in [1.54, 1.807) is 0 Å². The number of nitrogens with two attached hydrogens (primary N) is 2. The van der Waals surface area contributed by atoms with Crippen molar-refractivity contribution in [2.75, 3.05) is 5.73 Å². The molecule has 1 heterocycles. The standard InChI is InChI=1S/C5H6N4O2S/c6-4(11)9-3(10)2-1-12-5(7)8-2/h1H,(H2,7,8)(H3,6,9,10,11). The molecule has 64 valence electrons. The molecule has 0 radical (unpaired) electrons. The van der Waals surface area contributed by atoms with E-state index in [0.717, 1.165) is 11.3 Å². The second kappa shape index (κ2) is 3.18. The molecule has 0 saturated carbocycles. The van der Waals surface area contributed by atoms with Gasteiger partial charge in [0.1, 0.15) is 5.69 Å². The topological polar surface area (TPSA) is 111 Å². The molecule has 0 aliphatic heterocycles. The monoisotopic (exact) mass is 186 g/mol. The summed E-state index contributed by atoms with van der Waals surface area (Å²) < 4.78 is 0. The maximum Gasteiger partial charge on any atom is 0.319 e. The van der Waals surface area contributed by atoms with Crippen LogP contribution in [-0.2, 0) is 0 Å². The molecule has 0 bridgehead atoms. The van der Waals surface area contributed by atoms with Crippen LogP contribution < -0.4 is 16.8 Å². The molecule has 0 aliphatic carbocycles. The summed E-state index contributed by atoms with van der Waals surface area (Å²) in [5.41, 5.74) is 10.1. The minimum absolute atomic E-state index is 0.0938. The van der Waals surface area contributed by atoms with Crippen LogP contribution in [0.3, 0.4) is 0 Å². The summed E-state index contributed by atoms with van der Waals surface area (Å²) >= 11 is 1.11. The summed E-state index contributed by atoms with van der Waals surface area (Å²) in [4.78, 5) is 24.8. The molecule has 1 rings (SSSR count). The van der Waals surface area contributed by atoms with Gasteiger partial charge >= 0.3 is 6.03 Å². The Morgan fingerprint density at radius 1 is 1.58 bits per heavy atom. The van der Waals surface area contributed by atoms with Gasteiger partial charge in [0, 0.05) is 5.38 Å². The molecule has 0 aliphatic rings. The number of nitrogens with one attached hydrogen (secondary N) is 1. The number of carbonyl (C=O) groups is 2. The number of urea groups is 1. The molecule has 12 heavy (non-hydrogen) atoms. The maximum absolute atomic E-state index is 10.9. The lowest BCUT2D eigenvalue weighted by Crippen LogP contribution is -2.35. The average Bonchev–Trinajstić information content (AvgIpc) is 2.34. The first kappa shape index (κ1) is 8.47. The van der Waals surface area contributed by atoms with Crippen molar-refractivity contribution in [3.8, 4) is 0 Å². The quantitative estimate of drug-likeness (QED) is 0.550. The zero-order chi connectivity index (χ0) is 9.14.